The Morgan fingerprint density at radius 2 is 2.32 bits per heavy atom. The number of hydrogen-bond donors (Lipinski definition) is 1. The maximum Gasteiger partial charge on any atom is 0.221 e. The number of alkyl halides is 1. The van der Waals surface area contributed by atoms with Crippen LogP contribution in [0, 0.1) is 0 Å². The van der Waals surface area contributed by atoms with E-state index in [0.717, 1.165) is 17.0 Å². The summed E-state index contributed by atoms with van der Waals surface area (Å²) in [5, 5.41) is 2.86. The van der Waals surface area contributed by atoms with E-state index in [0.29, 0.717) is 18.8 Å². The molecule has 0 fully saturated rings. The van der Waals surface area contributed by atoms with Gasteiger partial charge in [-0.05, 0) is 26.0 Å². The van der Waals surface area contributed by atoms with Gasteiger partial charge in [0.2, 0.25) is 5.91 Å². The maximum atomic E-state index is 11.7. The molecule has 0 unspecified atom stereocenters. The van der Waals surface area contributed by atoms with Gasteiger partial charge in [0.25, 0.3) is 0 Å². The second-order valence-corrected chi connectivity index (χ2v) is 4.90. The molecule has 102 valence electrons. The van der Waals surface area contributed by atoms with E-state index in [4.69, 9.17) is 11.6 Å². The molecule has 0 saturated carbocycles. The predicted molar refractivity (Wildman–Crippen MR) is 75.0 cm³/mol. The van der Waals surface area contributed by atoms with Crippen LogP contribution in [-0.4, -0.2) is 26.5 Å². The van der Waals surface area contributed by atoms with Crippen molar-refractivity contribution < 1.29 is 4.79 Å². The smallest absolute Gasteiger partial charge is 0.221 e. The summed E-state index contributed by atoms with van der Waals surface area (Å²) in [7, 11) is 0. The van der Waals surface area contributed by atoms with Gasteiger partial charge in [0.05, 0.1) is 5.88 Å². The molecule has 0 bridgehead atoms. The van der Waals surface area contributed by atoms with E-state index in [9.17, 15) is 4.79 Å². The summed E-state index contributed by atoms with van der Waals surface area (Å²) in [6, 6.07) is 3.88. The van der Waals surface area contributed by atoms with Gasteiger partial charge in [-0.25, -0.2) is 9.97 Å². The summed E-state index contributed by atoms with van der Waals surface area (Å²) in [4.78, 5) is 20.4. The van der Waals surface area contributed by atoms with Gasteiger partial charge < -0.3 is 9.88 Å². The molecule has 1 N–H and O–H groups in total. The molecule has 0 atom stereocenters. The highest BCUT2D eigenvalue weighted by molar-refractivity contribution is 6.16. The molecule has 2 aromatic heterocycles. The van der Waals surface area contributed by atoms with Gasteiger partial charge in [-0.2, -0.15) is 0 Å². The van der Waals surface area contributed by atoms with Crippen LogP contribution in [0.2, 0.25) is 0 Å². The van der Waals surface area contributed by atoms with Crippen molar-refractivity contribution in [3.05, 3.63) is 24.2 Å². The van der Waals surface area contributed by atoms with Crippen LogP contribution in [0.25, 0.3) is 11.2 Å². The first-order valence-electron chi connectivity index (χ1n) is 6.27. The lowest BCUT2D eigenvalue weighted by Crippen LogP contribution is -2.30. The molecule has 0 saturated heterocycles. The fourth-order valence-electron chi connectivity index (χ4n) is 1.95. The van der Waals surface area contributed by atoms with E-state index in [1.807, 2.05) is 30.5 Å². The lowest BCUT2D eigenvalue weighted by molar-refractivity contribution is -0.121. The summed E-state index contributed by atoms with van der Waals surface area (Å²) in [6.45, 7) is 4.42. The highest BCUT2D eigenvalue weighted by atomic mass is 35.5. The van der Waals surface area contributed by atoms with Gasteiger partial charge >= 0.3 is 0 Å². The number of pyridine rings is 1. The number of nitrogens with zero attached hydrogens (tertiary/aromatic N) is 3. The van der Waals surface area contributed by atoms with E-state index >= 15 is 0 Å². The Labute approximate surface area is 117 Å². The first-order chi connectivity index (χ1) is 9.11. The molecule has 0 aliphatic heterocycles. The Bertz CT molecular complexity index is 579. The SMILES string of the molecule is CC(C)NC(=O)CCn1c(CCl)nc2cccnc21. The Morgan fingerprint density at radius 3 is 3.00 bits per heavy atom. The zero-order valence-electron chi connectivity index (χ0n) is 11.1. The second kappa shape index (κ2) is 6.02. The Morgan fingerprint density at radius 1 is 1.53 bits per heavy atom. The van der Waals surface area contributed by atoms with Crippen LogP contribution in [0.5, 0.6) is 0 Å². The molecule has 0 spiro atoms. The minimum atomic E-state index is 0.0216. The van der Waals surface area contributed by atoms with Crippen molar-refractivity contribution in [2.45, 2.75) is 38.7 Å². The summed E-state index contributed by atoms with van der Waals surface area (Å²) < 4.78 is 1.90. The van der Waals surface area contributed by atoms with Gasteiger partial charge in [0.15, 0.2) is 5.65 Å². The maximum absolute atomic E-state index is 11.7. The molecular formula is C13H17ClN4O. The van der Waals surface area contributed by atoms with E-state index in [-0.39, 0.29) is 11.9 Å². The van der Waals surface area contributed by atoms with Crippen molar-refractivity contribution in [2.75, 3.05) is 0 Å². The number of imidazole rings is 1. The van der Waals surface area contributed by atoms with Crippen LogP contribution < -0.4 is 5.32 Å². The number of fused-ring (bicyclic) bond motifs is 1. The molecule has 0 radical (unpaired) electrons. The molecule has 6 heteroatoms. The molecule has 0 aromatic carbocycles. The second-order valence-electron chi connectivity index (χ2n) is 4.63. The number of halogens is 1. The van der Waals surface area contributed by atoms with Crippen molar-refractivity contribution in [1.82, 2.24) is 19.9 Å². The number of hydrogen-bond acceptors (Lipinski definition) is 3. The molecule has 2 rings (SSSR count). The highest BCUT2D eigenvalue weighted by Gasteiger charge is 2.12. The number of carbonyl (C=O) groups excluding carboxylic acids is 1. The lowest BCUT2D eigenvalue weighted by Gasteiger charge is -2.10. The summed E-state index contributed by atoms with van der Waals surface area (Å²) in [5.41, 5.74) is 1.58. The lowest BCUT2D eigenvalue weighted by atomic mass is 10.3. The third-order valence-electron chi connectivity index (χ3n) is 2.71. The number of carbonyl (C=O) groups is 1. The first-order valence-corrected chi connectivity index (χ1v) is 6.80. The average Bonchev–Trinajstić information content (AvgIpc) is 2.73. The van der Waals surface area contributed by atoms with Crippen molar-refractivity contribution >= 4 is 28.7 Å². The number of nitrogens with one attached hydrogen (secondary N) is 1. The van der Waals surface area contributed by atoms with E-state index in [1.54, 1.807) is 6.20 Å². The molecule has 5 nitrogen and oxygen atoms in total. The third-order valence-corrected chi connectivity index (χ3v) is 2.95. The first kappa shape index (κ1) is 13.8. The molecule has 0 aliphatic rings. The number of rotatable bonds is 5. The minimum Gasteiger partial charge on any atom is -0.354 e. The minimum absolute atomic E-state index is 0.0216. The molecule has 1 amide bonds. The topological polar surface area (TPSA) is 59.8 Å². The van der Waals surface area contributed by atoms with Gasteiger partial charge in [0.1, 0.15) is 11.3 Å². The fourth-order valence-corrected chi connectivity index (χ4v) is 2.15. The zero-order chi connectivity index (χ0) is 13.8. The van der Waals surface area contributed by atoms with Crippen LogP contribution in [0.15, 0.2) is 18.3 Å². The molecule has 2 aromatic rings. The third kappa shape index (κ3) is 3.23. The average molecular weight is 281 g/mol. The monoisotopic (exact) mass is 280 g/mol. The summed E-state index contributed by atoms with van der Waals surface area (Å²) >= 11 is 5.89. The Hall–Kier alpha value is -1.62. The fraction of sp³-hybridized carbons (Fsp3) is 0.462. The van der Waals surface area contributed by atoms with E-state index in [2.05, 4.69) is 15.3 Å². The largest absolute Gasteiger partial charge is 0.354 e. The number of amides is 1. The number of aryl methyl sites for hydroxylation is 1. The van der Waals surface area contributed by atoms with Crippen LogP contribution in [0.4, 0.5) is 0 Å². The van der Waals surface area contributed by atoms with E-state index in [1.165, 1.54) is 0 Å². The summed E-state index contributed by atoms with van der Waals surface area (Å²) in [6.07, 6.45) is 2.11. The van der Waals surface area contributed by atoms with Gasteiger partial charge in [-0.15, -0.1) is 11.6 Å². The van der Waals surface area contributed by atoms with Crippen molar-refractivity contribution in [3.63, 3.8) is 0 Å². The predicted octanol–water partition coefficient (Wildman–Crippen LogP) is 2.08. The Balaban J connectivity index is 2.17. The van der Waals surface area contributed by atoms with Crippen LogP contribution in [0.3, 0.4) is 0 Å². The molecular weight excluding hydrogens is 264 g/mol. The van der Waals surface area contributed by atoms with E-state index < -0.39 is 0 Å². The van der Waals surface area contributed by atoms with Crippen LogP contribution in [-0.2, 0) is 17.2 Å². The van der Waals surface area contributed by atoms with Gasteiger partial charge in [-0.3, -0.25) is 4.79 Å². The molecule has 0 aliphatic carbocycles. The normalized spacial score (nSPS) is 11.2. The Kier molecular flexibility index (Phi) is 4.37. The summed E-state index contributed by atoms with van der Waals surface area (Å²) in [5.74, 6) is 1.07. The van der Waals surface area contributed by atoms with Crippen LogP contribution >= 0.6 is 11.6 Å². The van der Waals surface area contributed by atoms with Crippen LogP contribution in [0.1, 0.15) is 26.1 Å². The van der Waals surface area contributed by atoms with Gasteiger partial charge in [0, 0.05) is 25.2 Å². The quantitative estimate of drug-likeness (QED) is 0.853. The van der Waals surface area contributed by atoms with Crippen molar-refractivity contribution in [1.29, 1.82) is 0 Å². The van der Waals surface area contributed by atoms with Crippen molar-refractivity contribution in [2.24, 2.45) is 0 Å². The van der Waals surface area contributed by atoms with Gasteiger partial charge in [-0.1, -0.05) is 0 Å². The zero-order valence-corrected chi connectivity index (χ0v) is 11.8. The molecule has 2 heterocycles. The number of aromatic nitrogens is 3. The van der Waals surface area contributed by atoms with Crippen molar-refractivity contribution in [3.8, 4) is 0 Å². The molecule has 19 heavy (non-hydrogen) atoms. The highest BCUT2D eigenvalue weighted by Crippen LogP contribution is 2.15. The standard InChI is InChI=1S/C13H17ClN4O/c1-9(2)16-12(19)5-7-18-11(8-14)17-10-4-3-6-15-13(10)18/h3-4,6,9H,5,7-8H2,1-2H3,(H,16,19).